The van der Waals surface area contributed by atoms with E-state index in [-0.39, 0.29) is 11.1 Å². The molecule has 1 aliphatic carbocycles. The number of carboxylic acids is 1. The van der Waals surface area contributed by atoms with Crippen LogP contribution in [0, 0.1) is 12.7 Å². The van der Waals surface area contributed by atoms with Crippen molar-refractivity contribution in [1.82, 2.24) is 19.9 Å². The molecule has 3 heterocycles. The quantitative estimate of drug-likeness (QED) is 0.304. The van der Waals surface area contributed by atoms with E-state index in [4.69, 9.17) is 21.5 Å². The van der Waals surface area contributed by atoms with Gasteiger partial charge in [-0.25, -0.2) is 13.9 Å². The second-order valence-electron chi connectivity index (χ2n) is 10.9. The summed E-state index contributed by atoms with van der Waals surface area (Å²) in [5, 5.41) is 19.4. The fourth-order valence-electron chi connectivity index (χ4n) is 6.06. The molecule has 1 unspecified atom stereocenters. The van der Waals surface area contributed by atoms with Crippen LogP contribution in [-0.4, -0.2) is 56.3 Å². The lowest BCUT2D eigenvalue weighted by molar-refractivity contribution is -0.192. The van der Waals surface area contributed by atoms with Crippen molar-refractivity contribution < 1.29 is 27.5 Å². The van der Waals surface area contributed by atoms with Gasteiger partial charge in [-0.15, -0.1) is 5.10 Å². The molecule has 3 aromatic rings. The Morgan fingerprint density at radius 1 is 1.12 bits per heavy atom. The minimum Gasteiger partial charge on any atom is -0.475 e. The minimum absolute atomic E-state index is 0.0711. The molecule has 2 aromatic carbocycles. The number of carbonyl (C=O) groups is 1. The molecule has 12 heteroatoms. The SMILES string of the molecule is Cc1nnn2c1-c1ccc(C3=CCN(C4CCCC4)CC3)cc1C(Nc1cccc(Cl)c1F)CC2.O=C(O)C(F)(F)F. The van der Waals surface area contributed by atoms with Crippen molar-refractivity contribution in [2.24, 2.45) is 0 Å². The number of aromatic nitrogens is 3. The highest BCUT2D eigenvalue weighted by Gasteiger charge is 2.38. The van der Waals surface area contributed by atoms with Gasteiger partial charge in [0.1, 0.15) is 0 Å². The predicted octanol–water partition coefficient (Wildman–Crippen LogP) is 7.27. The van der Waals surface area contributed by atoms with Crippen molar-refractivity contribution in [2.45, 2.75) is 70.3 Å². The molecule has 1 atom stereocenters. The number of carboxylic acid groups (broad SMARTS) is 1. The van der Waals surface area contributed by atoms with Crippen LogP contribution in [0.5, 0.6) is 0 Å². The van der Waals surface area contributed by atoms with E-state index < -0.39 is 18.0 Å². The summed E-state index contributed by atoms with van der Waals surface area (Å²) in [4.78, 5) is 11.5. The number of hydrogen-bond acceptors (Lipinski definition) is 5. The fraction of sp³-hybridized carbons (Fsp3) is 0.433. The van der Waals surface area contributed by atoms with E-state index in [1.54, 1.807) is 18.2 Å². The summed E-state index contributed by atoms with van der Waals surface area (Å²) in [6.45, 7) is 4.86. The maximum absolute atomic E-state index is 14.8. The lowest BCUT2D eigenvalue weighted by Crippen LogP contribution is -2.36. The Morgan fingerprint density at radius 2 is 1.86 bits per heavy atom. The number of nitrogens with one attached hydrogen (secondary N) is 1. The number of rotatable bonds is 4. The third kappa shape index (κ3) is 6.47. The molecule has 3 aliphatic rings. The van der Waals surface area contributed by atoms with Crippen LogP contribution in [-0.2, 0) is 11.3 Å². The van der Waals surface area contributed by atoms with Crippen molar-refractivity contribution in [3.05, 3.63) is 70.1 Å². The van der Waals surface area contributed by atoms with Gasteiger partial charge in [-0.2, -0.15) is 13.2 Å². The molecule has 2 aliphatic heterocycles. The van der Waals surface area contributed by atoms with Crippen LogP contribution in [0.25, 0.3) is 16.8 Å². The minimum atomic E-state index is -5.08. The predicted molar refractivity (Wildman–Crippen MR) is 153 cm³/mol. The first kappa shape index (κ1) is 30.0. The first-order valence-corrected chi connectivity index (χ1v) is 14.4. The maximum Gasteiger partial charge on any atom is 0.490 e. The van der Waals surface area contributed by atoms with Crippen molar-refractivity contribution in [1.29, 1.82) is 0 Å². The van der Waals surface area contributed by atoms with Gasteiger partial charge in [-0.3, -0.25) is 4.90 Å². The Balaban J connectivity index is 0.000000451. The zero-order valence-electron chi connectivity index (χ0n) is 23.1. The molecule has 0 radical (unpaired) electrons. The lowest BCUT2D eigenvalue weighted by atomic mass is 9.90. The number of halogens is 5. The van der Waals surface area contributed by atoms with Gasteiger partial charge in [0.15, 0.2) is 5.82 Å². The average molecular weight is 606 g/mol. The number of hydrogen-bond donors (Lipinski definition) is 2. The molecule has 0 spiro atoms. The maximum atomic E-state index is 14.8. The van der Waals surface area contributed by atoms with E-state index >= 15 is 0 Å². The number of aliphatic carboxylic acids is 1. The monoisotopic (exact) mass is 605 g/mol. The summed E-state index contributed by atoms with van der Waals surface area (Å²) < 4.78 is 48.5. The third-order valence-electron chi connectivity index (χ3n) is 8.19. The van der Waals surface area contributed by atoms with Crippen LogP contribution in [0.2, 0.25) is 5.02 Å². The van der Waals surface area contributed by atoms with Crippen LogP contribution >= 0.6 is 11.6 Å². The van der Waals surface area contributed by atoms with Gasteiger partial charge in [0.05, 0.1) is 28.1 Å². The van der Waals surface area contributed by atoms with Crippen LogP contribution in [0.1, 0.15) is 61.4 Å². The molecular weight excluding hydrogens is 574 g/mol. The largest absolute Gasteiger partial charge is 0.490 e. The van der Waals surface area contributed by atoms with Crippen LogP contribution in [0.15, 0.2) is 42.5 Å². The van der Waals surface area contributed by atoms with E-state index in [2.05, 4.69) is 44.8 Å². The first-order chi connectivity index (χ1) is 20.0. The third-order valence-corrected chi connectivity index (χ3v) is 8.48. The molecule has 7 nitrogen and oxygen atoms in total. The topological polar surface area (TPSA) is 83.3 Å². The molecule has 0 amide bonds. The van der Waals surface area contributed by atoms with E-state index in [0.717, 1.165) is 54.5 Å². The van der Waals surface area contributed by atoms with Gasteiger partial charge >= 0.3 is 12.1 Å². The first-order valence-electron chi connectivity index (χ1n) is 14.0. The van der Waals surface area contributed by atoms with Crippen molar-refractivity contribution in [2.75, 3.05) is 18.4 Å². The summed E-state index contributed by atoms with van der Waals surface area (Å²) in [7, 11) is 0. The summed E-state index contributed by atoms with van der Waals surface area (Å²) in [6, 6.07) is 12.5. The van der Waals surface area contributed by atoms with Gasteiger partial charge in [-0.05, 0) is 67.5 Å². The summed E-state index contributed by atoms with van der Waals surface area (Å²) in [6.07, 6.45) is 4.59. The molecule has 0 bridgehead atoms. The highest BCUT2D eigenvalue weighted by Crippen LogP contribution is 2.40. The molecule has 42 heavy (non-hydrogen) atoms. The summed E-state index contributed by atoms with van der Waals surface area (Å²) in [5.74, 6) is -3.17. The zero-order chi connectivity index (χ0) is 30.0. The number of nitrogens with zero attached hydrogens (tertiary/aromatic N) is 4. The van der Waals surface area contributed by atoms with E-state index in [9.17, 15) is 17.6 Å². The number of anilines is 1. The normalized spacial score (nSPS) is 19.2. The number of fused-ring (bicyclic) bond motifs is 3. The van der Waals surface area contributed by atoms with Gasteiger partial charge < -0.3 is 10.4 Å². The molecular formula is C30H32ClF4N5O2. The second kappa shape index (κ2) is 12.4. The van der Waals surface area contributed by atoms with Gasteiger partial charge in [0.2, 0.25) is 0 Å². The van der Waals surface area contributed by atoms with Crippen LogP contribution in [0.3, 0.4) is 0 Å². The highest BCUT2D eigenvalue weighted by atomic mass is 35.5. The van der Waals surface area contributed by atoms with E-state index in [1.165, 1.54) is 36.8 Å². The second-order valence-corrected chi connectivity index (χ2v) is 11.3. The lowest BCUT2D eigenvalue weighted by Gasteiger charge is -2.32. The van der Waals surface area contributed by atoms with E-state index in [0.29, 0.717) is 12.2 Å². The van der Waals surface area contributed by atoms with Crippen molar-refractivity contribution >= 4 is 28.8 Å². The van der Waals surface area contributed by atoms with Crippen LogP contribution < -0.4 is 5.32 Å². The van der Waals surface area contributed by atoms with Gasteiger partial charge in [0.25, 0.3) is 0 Å². The van der Waals surface area contributed by atoms with Crippen molar-refractivity contribution in [3.8, 4) is 11.3 Å². The van der Waals surface area contributed by atoms with E-state index in [1.807, 2.05) is 11.6 Å². The molecule has 1 fully saturated rings. The number of alkyl halides is 3. The van der Waals surface area contributed by atoms with Gasteiger partial charge in [0, 0.05) is 31.2 Å². The highest BCUT2D eigenvalue weighted by molar-refractivity contribution is 6.31. The summed E-state index contributed by atoms with van der Waals surface area (Å²) >= 11 is 6.08. The Kier molecular flexibility index (Phi) is 8.89. The fourth-order valence-corrected chi connectivity index (χ4v) is 6.24. The molecule has 224 valence electrons. The van der Waals surface area contributed by atoms with Crippen LogP contribution in [0.4, 0.5) is 23.2 Å². The standard InChI is InChI=1S/C28H31ClFN5.C2HF3O2/c1-18-28-22-10-9-20(19-11-14-34(15-12-19)21-5-2-3-6-21)17-23(22)25(13-16-35(28)33-32-18)31-26-8-4-7-24(29)27(26)30;3-2(4,5)1(6)7/h4,7-11,17,21,25,31H,2-3,5-6,12-16H2,1H3;(H,6,7). The molecule has 1 aromatic heterocycles. The Labute approximate surface area is 246 Å². The number of benzene rings is 2. The zero-order valence-corrected chi connectivity index (χ0v) is 23.9. The summed E-state index contributed by atoms with van der Waals surface area (Å²) in [5.41, 5.74) is 7.32. The Morgan fingerprint density at radius 3 is 2.52 bits per heavy atom. The van der Waals surface area contributed by atoms with Gasteiger partial charge in [-0.1, -0.05) is 53.9 Å². The average Bonchev–Trinajstić information content (AvgIpc) is 3.60. The molecule has 1 saturated carbocycles. The number of aryl methyl sites for hydroxylation is 2. The smallest absolute Gasteiger partial charge is 0.475 e. The molecule has 2 N–H and O–H groups in total. The molecule has 0 saturated heterocycles. The Bertz CT molecular complexity index is 1480. The van der Waals surface area contributed by atoms with Crippen molar-refractivity contribution in [3.63, 3.8) is 0 Å². The Hall–Kier alpha value is -3.44. The molecule has 6 rings (SSSR count).